The molecule has 4 aromatic rings. The third kappa shape index (κ3) is 4.98. The monoisotopic (exact) mass is 448 g/mol. The number of amides is 1. The number of fused-ring (bicyclic) bond motifs is 2. The molecule has 0 unspecified atom stereocenters. The van der Waals surface area contributed by atoms with Crippen molar-refractivity contribution in [3.05, 3.63) is 65.5 Å². The van der Waals surface area contributed by atoms with Gasteiger partial charge in [0.05, 0.1) is 23.4 Å². The second kappa shape index (κ2) is 9.74. The van der Waals surface area contributed by atoms with Crippen LogP contribution in [0.5, 0.6) is 0 Å². The van der Waals surface area contributed by atoms with E-state index in [1.165, 1.54) is 23.0 Å². The molecule has 0 fully saturated rings. The Balaban J connectivity index is 1.71. The van der Waals surface area contributed by atoms with Crippen LogP contribution in [0.1, 0.15) is 36.2 Å². The van der Waals surface area contributed by atoms with Gasteiger partial charge in [-0.2, -0.15) is 9.78 Å². The van der Waals surface area contributed by atoms with Crippen LogP contribution in [0.3, 0.4) is 0 Å². The molecule has 0 aliphatic heterocycles. The normalized spacial score (nSPS) is 11.8. The van der Waals surface area contributed by atoms with E-state index in [4.69, 9.17) is 10.5 Å². The van der Waals surface area contributed by atoms with Crippen LogP contribution in [-0.4, -0.2) is 46.0 Å². The molecular formula is C24H25FN6O2. The van der Waals surface area contributed by atoms with Gasteiger partial charge < -0.3 is 15.8 Å². The number of nitrogens with zero attached hydrogens (tertiary/aromatic N) is 4. The van der Waals surface area contributed by atoms with Crippen LogP contribution in [0.4, 0.5) is 10.2 Å². The number of nitrogens with one attached hydrogen (secondary N) is 1. The number of hydrogen-bond acceptors (Lipinski definition) is 6. The van der Waals surface area contributed by atoms with Gasteiger partial charge in [0.15, 0.2) is 5.65 Å². The number of carbonyl (C=O) groups excluding carboxylic acids is 1. The van der Waals surface area contributed by atoms with E-state index in [2.05, 4.69) is 20.4 Å². The van der Waals surface area contributed by atoms with E-state index in [1.54, 1.807) is 12.1 Å². The van der Waals surface area contributed by atoms with Crippen molar-refractivity contribution < 1.29 is 13.9 Å². The molecule has 33 heavy (non-hydrogen) atoms. The van der Waals surface area contributed by atoms with Crippen LogP contribution >= 0.6 is 0 Å². The van der Waals surface area contributed by atoms with Gasteiger partial charge in [0, 0.05) is 13.2 Å². The number of hydrogen-bond donors (Lipinski definition) is 2. The summed E-state index contributed by atoms with van der Waals surface area (Å²) in [6.07, 6.45) is 2.33. The lowest BCUT2D eigenvalue weighted by atomic mass is 10.2. The van der Waals surface area contributed by atoms with Crippen molar-refractivity contribution in [2.24, 2.45) is 5.10 Å². The fourth-order valence-electron chi connectivity index (χ4n) is 3.34. The number of nitrogen functional groups attached to an aromatic ring is 1. The number of nitrogens with two attached hydrogens (primary N) is 1. The van der Waals surface area contributed by atoms with Gasteiger partial charge >= 0.3 is 0 Å². The molecule has 0 saturated heterocycles. The van der Waals surface area contributed by atoms with Crippen molar-refractivity contribution in [3.8, 4) is 0 Å². The van der Waals surface area contributed by atoms with Gasteiger partial charge in [0.2, 0.25) is 0 Å². The number of carbonyl (C=O) groups is 1. The molecule has 9 heteroatoms. The van der Waals surface area contributed by atoms with Crippen molar-refractivity contribution in [2.45, 2.75) is 26.4 Å². The van der Waals surface area contributed by atoms with Gasteiger partial charge in [-0.05, 0) is 50.1 Å². The summed E-state index contributed by atoms with van der Waals surface area (Å²) in [5.41, 5.74) is 9.26. The quantitative estimate of drug-likeness (QED) is 0.315. The summed E-state index contributed by atoms with van der Waals surface area (Å²) in [5.74, 6) is -0.579. The Morgan fingerprint density at radius 3 is 2.58 bits per heavy atom. The fraction of sp³-hybridized carbons (Fsp3) is 0.250. The summed E-state index contributed by atoms with van der Waals surface area (Å²) >= 11 is 0. The largest absolute Gasteiger partial charge is 0.383 e. The van der Waals surface area contributed by atoms with Crippen LogP contribution < -0.4 is 11.1 Å². The molecule has 1 amide bonds. The minimum atomic E-state index is -0.359. The zero-order valence-electron chi connectivity index (χ0n) is 18.5. The lowest BCUT2D eigenvalue weighted by molar-refractivity contribution is 0.0757. The van der Waals surface area contributed by atoms with Crippen molar-refractivity contribution in [2.75, 3.05) is 18.9 Å². The summed E-state index contributed by atoms with van der Waals surface area (Å²) in [6, 6.07) is 13.2. The Hall–Kier alpha value is -3.85. The molecule has 4 rings (SSSR count). The number of halogens is 1. The first-order valence-corrected chi connectivity index (χ1v) is 10.7. The van der Waals surface area contributed by atoms with E-state index in [-0.39, 0.29) is 29.2 Å². The lowest BCUT2D eigenvalue weighted by Crippen LogP contribution is -2.26. The number of anilines is 1. The van der Waals surface area contributed by atoms with Crippen LogP contribution in [0, 0.1) is 5.82 Å². The fourth-order valence-corrected chi connectivity index (χ4v) is 3.34. The molecule has 0 saturated carbocycles. The number of para-hydroxylation sites is 2. The van der Waals surface area contributed by atoms with E-state index >= 15 is 0 Å². The smallest absolute Gasteiger partial charge is 0.257 e. The molecule has 0 aliphatic carbocycles. The predicted molar refractivity (Wildman–Crippen MR) is 127 cm³/mol. The van der Waals surface area contributed by atoms with E-state index < -0.39 is 0 Å². The first kappa shape index (κ1) is 22.3. The highest BCUT2D eigenvalue weighted by Gasteiger charge is 2.23. The molecule has 2 aromatic carbocycles. The topological polar surface area (TPSA) is 107 Å². The van der Waals surface area contributed by atoms with Gasteiger partial charge in [-0.1, -0.05) is 24.3 Å². The summed E-state index contributed by atoms with van der Waals surface area (Å²) in [4.78, 5) is 22.3. The Bertz CT molecular complexity index is 1310. The maximum absolute atomic E-state index is 13.2. The molecule has 0 spiro atoms. The molecule has 0 atom stereocenters. The van der Waals surface area contributed by atoms with Gasteiger partial charge in [-0.3, -0.25) is 4.79 Å². The average Bonchev–Trinajstić information content (AvgIpc) is 3.06. The molecule has 0 bridgehead atoms. The van der Waals surface area contributed by atoms with Gasteiger partial charge in [-0.25, -0.2) is 14.4 Å². The van der Waals surface area contributed by atoms with Crippen LogP contribution in [0.25, 0.3) is 22.2 Å². The van der Waals surface area contributed by atoms with Crippen molar-refractivity contribution in [1.82, 2.24) is 20.0 Å². The van der Waals surface area contributed by atoms with E-state index in [0.717, 1.165) is 0 Å². The number of ether oxygens (including phenoxy) is 1. The van der Waals surface area contributed by atoms with Crippen LogP contribution in [0.2, 0.25) is 0 Å². The first-order valence-electron chi connectivity index (χ1n) is 10.7. The molecular weight excluding hydrogens is 423 g/mol. The van der Waals surface area contributed by atoms with Gasteiger partial charge in [-0.15, -0.1) is 0 Å². The van der Waals surface area contributed by atoms with Gasteiger partial charge in [0.1, 0.15) is 22.7 Å². The van der Waals surface area contributed by atoms with E-state index in [9.17, 15) is 9.18 Å². The standard InChI is InChI=1S/C24H25FN6O2/c1-15(2)33-13-5-12-27-24(32)20-21-23(30-19-7-4-3-6-18(19)29-21)31(22(20)26)28-14-16-8-10-17(25)11-9-16/h3-4,6-11,14-15H,5,12-13,26H2,1-2H3,(H,27,32). The predicted octanol–water partition coefficient (Wildman–Crippen LogP) is 3.73. The zero-order chi connectivity index (χ0) is 23.4. The minimum Gasteiger partial charge on any atom is -0.383 e. The molecule has 2 heterocycles. The molecule has 8 nitrogen and oxygen atoms in total. The SMILES string of the molecule is CC(C)OCCCNC(=O)c1c(N)n(N=Cc2ccc(F)cc2)c2nc3ccccc3nc12. The van der Waals surface area contributed by atoms with Crippen molar-refractivity contribution >= 4 is 40.1 Å². The minimum absolute atomic E-state index is 0.120. The maximum atomic E-state index is 13.2. The lowest BCUT2D eigenvalue weighted by Gasteiger charge is -2.08. The number of benzene rings is 2. The summed E-state index contributed by atoms with van der Waals surface area (Å²) in [5, 5.41) is 7.29. The van der Waals surface area contributed by atoms with E-state index in [0.29, 0.717) is 47.3 Å². The number of aromatic nitrogens is 3. The van der Waals surface area contributed by atoms with Gasteiger partial charge in [0.25, 0.3) is 5.91 Å². The Morgan fingerprint density at radius 2 is 1.88 bits per heavy atom. The third-order valence-corrected chi connectivity index (χ3v) is 4.95. The molecule has 0 radical (unpaired) electrons. The second-order valence-corrected chi connectivity index (χ2v) is 7.78. The molecule has 170 valence electrons. The summed E-state index contributed by atoms with van der Waals surface area (Å²) in [6.45, 7) is 4.90. The highest BCUT2D eigenvalue weighted by molar-refractivity contribution is 6.10. The first-order chi connectivity index (χ1) is 15.9. The summed E-state index contributed by atoms with van der Waals surface area (Å²) in [7, 11) is 0. The number of rotatable bonds is 8. The summed E-state index contributed by atoms with van der Waals surface area (Å²) < 4.78 is 20.1. The maximum Gasteiger partial charge on any atom is 0.257 e. The van der Waals surface area contributed by atoms with Crippen molar-refractivity contribution in [1.29, 1.82) is 0 Å². The Labute approximate surface area is 190 Å². The second-order valence-electron chi connectivity index (χ2n) is 7.78. The molecule has 2 aromatic heterocycles. The zero-order valence-corrected chi connectivity index (χ0v) is 18.5. The Morgan fingerprint density at radius 1 is 1.18 bits per heavy atom. The third-order valence-electron chi connectivity index (χ3n) is 4.95. The highest BCUT2D eigenvalue weighted by atomic mass is 19.1. The van der Waals surface area contributed by atoms with Crippen LogP contribution in [0.15, 0.2) is 53.6 Å². The molecule has 0 aliphatic rings. The van der Waals surface area contributed by atoms with Crippen LogP contribution in [-0.2, 0) is 4.74 Å². The molecule has 3 N–H and O–H groups in total. The van der Waals surface area contributed by atoms with E-state index in [1.807, 2.05) is 38.1 Å². The average molecular weight is 449 g/mol. The Kier molecular flexibility index (Phi) is 6.60. The highest BCUT2D eigenvalue weighted by Crippen LogP contribution is 2.27. The van der Waals surface area contributed by atoms with Crippen molar-refractivity contribution in [3.63, 3.8) is 0 Å².